The third kappa shape index (κ3) is 5.63. The fourth-order valence-corrected chi connectivity index (χ4v) is 4.84. The van der Waals surface area contributed by atoms with Gasteiger partial charge in [0.2, 0.25) is 5.95 Å². The van der Waals surface area contributed by atoms with Crippen LogP contribution in [0.5, 0.6) is 0 Å². The molecule has 0 atom stereocenters. The second kappa shape index (κ2) is 10.7. The number of anilines is 2. The zero-order chi connectivity index (χ0) is 23.2. The molecule has 3 aromatic rings. The summed E-state index contributed by atoms with van der Waals surface area (Å²) in [6.07, 6.45) is 7.25. The molecule has 0 saturated heterocycles. The van der Waals surface area contributed by atoms with Gasteiger partial charge in [-0.25, -0.2) is 9.97 Å². The topological polar surface area (TPSA) is 83.0 Å². The Labute approximate surface area is 199 Å². The average molecular weight is 463 g/mol. The molecule has 2 heterocycles. The molecule has 1 saturated carbocycles. The molecule has 0 radical (unpaired) electrons. The van der Waals surface area contributed by atoms with Crippen molar-refractivity contribution in [2.45, 2.75) is 42.8 Å². The number of pyridine rings is 1. The molecule has 7 nitrogen and oxygen atoms in total. The van der Waals surface area contributed by atoms with Crippen molar-refractivity contribution in [1.82, 2.24) is 20.3 Å². The van der Waals surface area contributed by atoms with Crippen molar-refractivity contribution in [3.63, 3.8) is 0 Å². The Morgan fingerprint density at radius 1 is 1.12 bits per heavy atom. The number of hydrogen-bond acceptors (Lipinski definition) is 7. The molecule has 1 amide bonds. The molecule has 2 N–H and O–H groups in total. The Hall–Kier alpha value is -3.13. The van der Waals surface area contributed by atoms with E-state index in [1.165, 1.54) is 11.8 Å². The Kier molecular flexibility index (Phi) is 7.44. The van der Waals surface area contributed by atoms with E-state index in [4.69, 9.17) is 9.97 Å². The number of thioether (sulfide) groups is 1. The molecule has 33 heavy (non-hydrogen) atoms. The summed E-state index contributed by atoms with van der Waals surface area (Å²) in [5, 5.41) is 8.51. The second-order valence-corrected chi connectivity index (χ2v) is 9.41. The molecule has 0 bridgehead atoms. The summed E-state index contributed by atoms with van der Waals surface area (Å²) < 4.78 is 0. The number of hydrogen-bond donors (Lipinski definition) is 2. The van der Waals surface area contributed by atoms with Crippen LogP contribution in [0, 0.1) is 0 Å². The lowest BCUT2D eigenvalue weighted by molar-refractivity contribution is 0.0923. The standard InChI is InChI=1S/C25H30N6OS/c1-4-16-33-24-20(9-7-15-26-24)23(32)27-17-11-13-18(14-12-17)28-25-29-21-10-6-5-8-19(21)22(30-25)31(2)3/h4-10,15,17-18H,1,11-14,16H2,2-3H3,(H,27,32)(H,28,29,30)/t17-,18+. The molecule has 1 aromatic carbocycles. The highest BCUT2D eigenvalue weighted by atomic mass is 32.2. The molecule has 0 spiro atoms. The second-order valence-electron chi connectivity index (χ2n) is 8.40. The van der Waals surface area contributed by atoms with Gasteiger partial charge in [0.25, 0.3) is 5.91 Å². The minimum Gasteiger partial charge on any atom is -0.362 e. The van der Waals surface area contributed by atoms with Crippen molar-refractivity contribution in [2.75, 3.05) is 30.1 Å². The minimum absolute atomic E-state index is 0.0560. The Morgan fingerprint density at radius 3 is 2.64 bits per heavy atom. The van der Waals surface area contributed by atoms with Crippen molar-refractivity contribution < 1.29 is 4.79 Å². The van der Waals surface area contributed by atoms with E-state index in [-0.39, 0.29) is 18.0 Å². The maximum atomic E-state index is 12.9. The van der Waals surface area contributed by atoms with Crippen molar-refractivity contribution in [1.29, 1.82) is 0 Å². The first-order valence-corrected chi connectivity index (χ1v) is 12.2. The number of aromatic nitrogens is 3. The summed E-state index contributed by atoms with van der Waals surface area (Å²) in [6.45, 7) is 3.74. The monoisotopic (exact) mass is 462 g/mol. The van der Waals surface area contributed by atoms with Gasteiger partial charge >= 0.3 is 0 Å². The third-order valence-electron chi connectivity index (χ3n) is 5.76. The Bertz CT molecular complexity index is 1130. The number of fused-ring (bicyclic) bond motifs is 1. The highest BCUT2D eigenvalue weighted by Gasteiger charge is 2.24. The lowest BCUT2D eigenvalue weighted by Gasteiger charge is -2.30. The average Bonchev–Trinajstić information content (AvgIpc) is 2.83. The predicted molar refractivity (Wildman–Crippen MR) is 136 cm³/mol. The molecular weight excluding hydrogens is 432 g/mol. The van der Waals surface area contributed by atoms with E-state index >= 15 is 0 Å². The van der Waals surface area contributed by atoms with Crippen LogP contribution >= 0.6 is 11.8 Å². The van der Waals surface area contributed by atoms with Gasteiger partial charge in [-0.15, -0.1) is 18.3 Å². The maximum Gasteiger partial charge on any atom is 0.254 e. The van der Waals surface area contributed by atoms with Gasteiger partial charge in [0, 0.05) is 43.5 Å². The Balaban J connectivity index is 1.36. The van der Waals surface area contributed by atoms with Crippen LogP contribution in [0.15, 0.2) is 60.3 Å². The largest absolute Gasteiger partial charge is 0.362 e. The van der Waals surface area contributed by atoms with Gasteiger partial charge in [0.15, 0.2) is 0 Å². The van der Waals surface area contributed by atoms with Crippen LogP contribution in [0.2, 0.25) is 0 Å². The van der Waals surface area contributed by atoms with Gasteiger partial charge in [-0.3, -0.25) is 4.79 Å². The van der Waals surface area contributed by atoms with Gasteiger partial charge in [-0.2, -0.15) is 4.98 Å². The zero-order valence-corrected chi connectivity index (χ0v) is 19.9. The Morgan fingerprint density at radius 2 is 1.88 bits per heavy atom. The molecule has 2 aromatic heterocycles. The van der Waals surface area contributed by atoms with Crippen LogP contribution in [0.3, 0.4) is 0 Å². The highest BCUT2D eigenvalue weighted by Crippen LogP contribution is 2.27. The van der Waals surface area contributed by atoms with E-state index in [0.717, 1.165) is 53.2 Å². The van der Waals surface area contributed by atoms with E-state index in [0.29, 0.717) is 11.5 Å². The molecule has 1 aliphatic carbocycles. The number of benzene rings is 1. The molecular formula is C25H30N6OS. The summed E-state index contributed by atoms with van der Waals surface area (Å²) in [5.74, 6) is 2.23. The van der Waals surface area contributed by atoms with E-state index in [2.05, 4.69) is 22.2 Å². The number of carbonyl (C=O) groups is 1. The summed E-state index contributed by atoms with van der Waals surface area (Å²) in [4.78, 5) is 28.7. The summed E-state index contributed by atoms with van der Waals surface area (Å²) >= 11 is 1.53. The lowest BCUT2D eigenvalue weighted by Crippen LogP contribution is -2.40. The molecule has 4 rings (SSSR count). The van der Waals surface area contributed by atoms with Crippen molar-refractivity contribution in [3.05, 3.63) is 60.8 Å². The van der Waals surface area contributed by atoms with Gasteiger partial charge in [0.1, 0.15) is 10.8 Å². The van der Waals surface area contributed by atoms with Crippen molar-refractivity contribution in [2.24, 2.45) is 0 Å². The van der Waals surface area contributed by atoms with Gasteiger partial charge < -0.3 is 15.5 Å². The van der Waals surface area contributed by atoms with Crippen LogP contribution in [0.4, 0.5) is 11.8 Å². The minimum atomic E-state index is -0.0560. The van der Waals surface area contributed by atoms with Gasteiger partial charge in [0.05, 0.1) is 11.1 Å². The van der Waals surface area contributed by atoms with E-state index in [1.54, 1.807) is 12.3 Å². The number of rotatable bonds is 8. The smallest absolute Gasteiger partial charge is 0.254 e. The van der Waals surface area contributed by atoms with Crippen molar-refractivity contribution >= 4 is 40.3 Å². The van der Waals surface area contributed by atoms with Crippen LogP contribution < -0.4 is 15.5 Å². The first-order chi connectivity index (χ1) is 16.0. The van der Waals surface area contributed by atoms with E-state index in [9.17, 15) is 4.79 Å². The quantitative estimate of drug-likeness (QED) is 0.376. The number of amides is 1. The third-order valence-corrected chi connectivity index (χ3v) is 6.76. The molecule has 0 aliphatic heterocycles. The lowest BCUT2D eigenvalue weighted by atomic mass is 9.91. The van der Waals surface area contributed by atoms with Gasteiger partial charge in [-0.05, 0) is 49.9 Å². The van der Waals surface area contributed by atoms with Crippen molar-refractivity contribution in [3.8, 4) is 0 Å². The maximum absolute atomic E-state index is 12.9. The molecule has 0 unspecified atom stereocenters. The molecule has 8 heteroatoms. The number of nitrogens with zero attached hydrogens (tertiary/aromatic N) is 4. The summed E-state index contributed by atoms with van der Waals surface area (Å²) in [5.41, 5.74) is 1.56. The summed E-state index contributed by atoms with van der Waals surface area (Å²) in [7, 11) is 3.99. The first-order valence-electron chi connectivity index (χ1n) is 11.3. The van der Waals surface area contributed by atoms with E-state index in [1.807, 2.05) is 55.4 Å². The molecule has 1 aliphatic rings. The highest BCUT2D eigenvalue weighted by molar-refractivity contribution is 7.99. The van der Waals surface area contributed by atoms with Crippen LogP contribution in [-0.4, -0.2) is 52.8 Å². The van der Waals surface area contributed by atoms with E-state index < -0.39 is 0 Å². The zero-order valence-electron chi connectivity index (χ0n) is 19.1. The van der Waals surface area contributed by atoms with Crippen LogP contribution in [-0.2, 0) is 0 Å². The number of nitrogens with one attached hydrogen (secondary N) is 2. The molecule has 1 fully saturated rings. The fourth-order valence-electron chi connectivity index (χ4n) is 4.11. The fraction of sp³-hybridized carbons (Fsp3) is 0.360. The number of para-hydroxylation sites is 1. The van der Waals surface area contributed by atoms with Crippen LogP contribution in [0.25, 0.3) is 10.9 Å². The normalized spacial score (nSPS) is 18.0. The van der Waals surface area contributed by atoms with Crippen LogP contribution in [0.1, 0.15) is 36.0 Å². The number of carbonyl (C=O) groups excluding carboxylic acids is 1. The first kappa shape index (κ1) is 23.0. The molecule has 172 valence electrons. The SMILES string of the molecule is C=CCSc1ncccc1C(=O)N[C@H]1CC[C@@H](Nc2nc(N(C)C)c3ccccc3n2)CC1. The van der Waals surface area contributed by atoms with Gasteiger partial charge in [-0.1, -0.05) is 18.2 Å². The predicted octanol–water partition coefficient (Wildman–Crippen LogP) is 4.52. The summed E-state index contributed by atoms with van der Waals surface area (Å²) in [6, 6.07) is 12.1.